The lowest BCUT2D eigenvalue weighted by Crippen LogP contribution is -2.43. The van der Waals surface area contributed by atoms with Gasteiger partial charge in [0.1, 0.15) is 11.6 Å². The van der Waals surface area contributed by atoms with E-state index in [4.69, 9.17) is 4.74 Å². The van der Waals surface area contributed by atoms with Gasteiger partial charge in [-0.3, -0.25) is 9.59 Å². The summed E-state index contributed by atoms with van der Waals surface area (Å²) in [5, 5.41) is 2.50. The molecule has 8 heteroatoms. The van der Waals surface area contributed by atoms with Crippen LogP contribution in [0.25, 0.3) is 0 Å². The largest absolute Gasteiger partial charge is 0.467 e. The van der Waals surface area contributed by atoms with Gasteiger partial charge in [-0.15, -0.1) is 0 Å². The lowest BCUT2D eigenvalue weighted by atomic mass is 10.1. The predicted molar refractivity (Wildman–Crippen MR) is 95.6 cm³/mol. The second-order valence-electron chi connectivity index (χ2n) is 6.00. The van der Waals surface area contributed by atoms with E-state index < -0.39 is 29.5 Å². The van der Waals surface area contributed by atoms with Crippen LogP contribution in [0.15, 0.2) is 27.1 Å². The fourth-order valence-corrected chi connectivity index (χ4v) is 3.11. The number of rotatable bonds is 5. The van der Waals surface area contributed by atoms with E-state index in [9.17, 15) is 14.4 Å². The van der Waals surface area contributed by atoms with Crippen molar-refractivity contribution in [2.75, 3.05) is 7.11 Å². The Balaban J connectivity index is 2.87. The van der Waals surface area contributed by atoms with Gasteiger partial charge in [0.05, 0.1) is 13.5 Å². The van der Waals surface area contributed by atoms with Gasteiger partial charge in [-0.05, 0) is 39.0 Å². The smallest absolute Gasteiger partial charge is 0.328 e. The first-order valence-corrected chi connectivity index (χ1v) is 8.67. The molecule has 1 atom stereocenters. The molecule has 0 fully saturated rings. The molecule has 0 spiro atoms. The molecular formula is C16H19Br2NO5. The zero-order chi connectivity index (χ0) is 18.5. The van der Waals surface area contributed by atoms with Gasteiger partial charge in [-0.25, -0.2) is 4.79 Å². The zero-order valence-corrected chi connectivity index (χ0v) is 17.0. The highest BCUT2D eigenvalue weighted by Gasteiger charge is 2.28. The number of esters is 2. The number of carbonyl (C=O) groups excluding carboxylic acids is 3. The number of hydrogen-bond acceptors (Lipinski definition) is 5. The number of carbonyl (C=O) groups is 3. The maximum atomic E-state index is 12.3. The molecule has 1 aromatic rings. The van der Waals surface area contributed by atoms with Crippen molar-refractivity contribution in [3.05, 3.63) is 32.7 Å². The minimum Gasteiger partial charge on any atom is -0.467 e. The van der Waals surface area contributed by atoms with Crippen LogP contribution in [0.5, 0.6) is 0 Å². The Labute approximate surface area is 157 Å². The molecule has 0 saturated heterocycles. The van der Waals surface area contributed by atoms with Crippen molar-refractivity contribution in [3.63, 3.8) is 0 Å². The van der Waals surface area contributed by atoms with Crippen LogP contribution in [0.3, 0.4) is 0 Å². The van der Waals surface area contributed by atoms with Crippen LogP contribution in [0.4, 0.5) is 0 Å². The normalized spacial score (nSPS) is 12.2. The maximum absolute atomic E-state index is 12.3. The van der Waals surface area contributed by atoms with E-state index in [0.29, 0.717) is 14.5 Å². The van der Waals surface area contributed by atoms with Crippen molar-refractivity contribution in [2.45, 2.75) is 38.8 Å². The molecule has 1 aromatic carbocycles. The van der Waals surface area contributed by atoms with Crippen molar-refractivity contribution in [2.24, 2.45) is 0 Å². The average Bonchev–Trinajstić information content (AvgIpc) is 2.42. The van der Waals surface area contributed by atoms with E-state index in [1.807, 2.05) is 0 Å². The van der Waals surface area contributed by atoms with Crippen LogP contribution >= 0.6 is 31.9 Å². The molecule has 6 nitrogen and oxygen atoms in total. The Morgan fingerprint density at radius 2 is 1.67 bits per heavy atom. The van der Waals surface area contributed by atoms with Gasteiger partial charge >= 0.3 is 11.9 Å². The molecule has 0 saturated carbocycles. The topological polar surface area (TPSA) is 81.7 Å². The van der Waals surface area contributed by atoms with Gasteiger partial charge in [-0.1, -0.05) is 31.9 Å². The van der Waals surface area contributed by atoms with E-state index in [-0.39, 0.29) is 6.42 Å². The van der Waals surface area contributed by atoms with Crippen molar-refractivity contribution in [3.8, 4) is 0 Å². The summed E-state index contributed by atoms with van der Waals surface area (Å²) in [5.74, 6) is -1.83. The third-order valence-corrected chi connectivity index (χ3v) is 3.62. The highest BCUT2D eigenvalue weighted by molar-refractivity contribution is 9.11. The quantitative estimate of drug-likeness (QED) is 0.676. The lowest BCUT2D eigenvalue weighted by molar-refractivity contribution is -0.158. The summed E-state index contributed by atoms with van der Waals surface area (Å²) >= 11 is 6.58. The molecule has 0 aromatic heterocycles. The van der Waals surface area contributed by atoms with Gasteiger partial charge in [0, 0.05) is 14.5 Å². The highest BCUT2D eigenvalue weighted by atomic mass is 79.9. The molecule has 0 unspecified atom stereocenters. The van der Waals surface area contributed by atoms with E-state index >= 15 is 0 Å². The van der Waals surface area contributed by atoms with Crippen LogP contribution in [0, 0.1) is 0 Å². The van der Waals surface area contributed by atoms with Crippen molar-refractivity contribution < 1.29 is 23.9 Å². The Bertz CT molecular complexity index is 620. The first kappa shape index (κ1) is 20.6. The number of benzene rings is 1. The first-order valence-electron chi connectivity index (χ1n) is 7.08. The van der Waals surface area contributed by atoms with Gasteiger partial charge in [0.25, 0.3) is 5.91 Å². The predicted octanol–water partition coefficient (Wildman–Crippen LogP) is 3.21. The molecule has 1 amide bonds. The standard InChI is InChI=1S/C16H19Br2NO5/c1-16(2,3)24-13(20)8-12(15(22)23-4)19-14(21)9-5-10(17)7-11(18)6-9/h5-7,12H,8H2,1-4H3,(H,19,21)/t12-/m0/s1. The average molecular weight is 465 g/mol. The van der Waals surface area contributed by atoms with Gasteiger partial charge in [-0.2, -0.15) is 0 Å². The Hall–Kier alpha value is -1.41. The van der Waals surface area contributed by atoms with Crippen molar-refractivity contribution >= 4 is 49.7 Å². The molecule has 0 radical (unpaired) electrons. The summed E-state index contributed by atoms with van der Waals surface area (Å²) in [6.45, 7) is 5.15. The summed E-state index contributed by atoms with van der Waals surface area (Å²) in [6.07, 6.45) is -0.315. The third kappa shape index (κ3) is 7.00. The second kappa shape index (κ2) is 8.62. The van der Waals surface area contributed by atoms with E-state index in [0.717, 1.165) is 0 Å². The minimum absolute atomic E-state index is 0.315. The number of ether oxygens (including phenoxy) is 2. The van der Waals surface area contributed by atoms with Crippen molar-refractivity contribution in [1.29, 1.82) is 0 Å². The number of halogens is 2. The molecule has 132 valence electrons. The first-order chi connectivity index (χ1) is 11.0. The molecule has 1 N–H and O–H groups in total. The summed E-state index contributed by atoms with van der Waals surface area (Å²) in [6, 6.07) is 3.84. The SMILES string of the molecule is COC(=O)[C@H](CC(=O)OC(C)(C)C)NC(=O)c1cc(Br)cc(Br)c1. The number of amides is 1. The van der Waals surface area contributed by atoms with E-state index in [1.165, 1.54) is 7.11 Å². The number of nitrogens with one attached hydrogen (secondary N) is 1. The maximum Gasteiger partial charge on any atom is 0.328 e. The fraction of sp³-hybridized carbons (Fsp3) is 0.438. The summed E-state index contributed by atoms with van der Waals surface area (Å²) in [7, 11) is 1.19. The molecule has 24 heavy (non-hydrogen) atoms. The van der Waals surface area contributed by atoms with Crippen LogP contribution in [0.2, 0.25) is 0 Å². The summed E-state index contributed by atoms with van der Waals surface area (Å²) in [4.78, 5) is 36.1. The molecular weight excluding hydrogens is 446 g/mol. The van der Waals surface area contributed by atoms with E-state index in [1.54, 1.807) is 39.0 Å². The van der Waals surface area contributed by atoms with Gasteiger partial charge in [0.15, 0.2) is 0 Å². The van der Waals surface area contributed by atoms with Gasteiger partial charge < -0.3 is 14.8 Å². The lowest BCUT2D eigenvalue weighted by Gasteiger charge is -2.22. The third-order valence-electron chi connectivity index (χ3n) is 2.71. The zero-order valence-electron chi connectivity index (χ0n) is 13.8. The Morgan fingerprint density at radius 3 is 2.12 bits per heavy atom. The molecule has 0 bridgehead atoms. The number of hydrogen-bond donors (Lipinski definition) is 1. The van der Waals surface area contributed by atoms with Crippen LogP contribution in [-0.4, -0.2) is 36.6 Å². The van der Waals surface area contributed by atoms with Crippen LogP contribution in [-0.2, 0) is 19.1 Å². The van der Waals surface area contributed by atoms with E-state index in [2.05, 4.69) is 41.9 Å². The van der Waals surface area contributed by atoms with Gasteiger partial charge in [0.2, 0.25) is 0 Å². The summed E-state index contributed by atoms with van der Waals surface area (Å²) < 4.78 is 11.2. The Morgan fingerprint density at radius 1 is 1.12 bits per heavy atom. The second-order valence-corrected chi connectivity index (χ2v) is 7.83. The van der Waals surface area contributed by atoms with Crippen molar-refractivity contribution in [1.82, 2.24) is 5.32 Å². The molecule has 0 aliphatic rings. The number of methoxy groups -OCH3 is 1. The van der Waals surface area contributed by atoms with Crippen LogP contribution in [0.1, 0.15) is 37.6 Å². The highest BCUT2D eigenvalue weighted by Crippen LogP contribution is 2.20. The molecule has 1 rings (SSSR count). The monoisotopic (exact) mass is 463 g/mol. The summed E-state index contributed by atoms with van der Waals surface area (Å²) in [5.41, 5.74) is -0.356. The molecule has 0 aliphatic carbocycles. The molecule has 0 aliphatic heterocycles. The minimum atomic E-state index is -1.13. The molecule has 0 heterocycles. The fourth-order valence-electron chi connectivity index (χ4n) is 1.81. The van der Waals surface area contributed by atoms with Crippen LogP contribution < -0.4 is 5.32 Å². The Kier molecular flexibility index (Phi) is 7.41.